The molecule has 2 nitrogen and oxygen atoms in total. The molecule has 3 aliphatic heterocycles. The average molecular weight is 254 g/mol. The summed E-state index contributed by atoms with van der Waals surface area (Å²) in [4.78, 5) is 2.83. The highest BCUT2D eigenvalue weighted by Crippen LogP contribution is 2.29. The molecule has 2 unspecified atom stereocenters. The quantitative estimate of drug-likeness (QED) is 0.814. The SMILES string of the molecule is C1CNC(C2CCCN(C3CCSCC3)C2)C1. The van der Waals surface area contributed by atoms with E-state index in [1.54, 1.807) is 0 Å². The molecule has 0 aromatic carbocycles. The zero-order valence-corrected chi connectivity index (χ0v) is 11.7. The fourth-order valence-corrected chi connectivity index (χ4v) is 4.95. The van der Waals surface area contributed by atoms with Crippen LogP contribution in [0.1, 0.15) is 38.5 Å². The van der Waals surface area contributed by atoms with Crippen molar-refractivity contribution in [1.29, 1.82) is 0 Å². The Balaban J connectivity index is 1.54. The summed E-state index contributed by atoms with van der Waals surface area (Å²) < 4.78 is 0. The van der Waals surface area contributed by atoms with E-state index in [0.717, 1.165) is 18.0 Å². The zero-order valence-electron chi connectivity index (χ0n) is 10.9. The molecule has 3 saturated heterocycles. The molecule has 3 heteroatoms. The van der Waals surface area contributed by atoms with Crippen LogP contribution in [-0.2, 0) is 0 Å². The molecular weight excluding hydrogens is 228 g/mol. The van der Waals surface area contributed by atoms with Crippen molar-refractivity contribution in [2.75, 3.05) is 31.1 Å². The van der Waals surface area contributed by atoms with Crippen molar-refractivity contribution in [3.05, 3.63) is 0 Å². The van der Waals surface area contributed by atoms with Crippen molar-refractivity contribution in [3.63, 3.8) is 0 Å². The first kappa shape index (κ1) is 12.3. The molecule has 0 bridgehead atoms. The van der Waals surface area contributed by atoms with Crippen molar-refractivity contribution in [2.45, 2.75) is 50.6 Å². The summed E-state index contributed by atoms with van der Waals surface area (Å²) in [5, 5.41) is 3.72. The van der Waals surface area contributed by atoms with Gasteiger partial charge in [0.25, 0.3) is 0 Å². The minimum absolute atomic E-state index is 0.843. The van der Waals surface area contributed by atoms with E-state index in [9.17, 15) is 0 Å². The van der Waals surface area contributed by atoms with Crippen molar-refractivity contribution in [3.8, 4) is 0 Å². The molecule has 3 heterocycles. The lowest BCUT2D eigenvalue weighted by Crippen LogP contribution is -2.48. The average Bonchev–Trinajstić information content (AvgIpc) is 2.94. The first-order valence-electron chi connectivity index (χ1n) is 7.48. The van der Waals surface area contributed by atoms with Crippen LogP contribution in [0.25, 0.3) is 0 Å². The van der Waals surface area contributed by atoms with E-state index >= 15 is 0 Å². The fourth-order valence-electron chi connectivity index (χ4n) is 3.86. The summed E-state index contributed by atoms with van der Waals surface area (Å²) >= 11 is 2.15. The number of hydrogen-bond acceptors (Lipinski definition) is 3. The molecule has 2 atom stereocenters. The lowest BCUT2D eigenvalue weighted by molar-refractivity contribution is 0.102. The normalized spacial score (nSPS) is 37.4. The topological polar surface area (TPSA) is 15.3 Å². The molecule has 3 aliphatic rings. The molecule has 0 saturated carbocycles. The maximum atomic E-state index is 3.72. The Labute approximate surface area is 110 Å². The van der Waals surface area contributed by atoms with Gasteiger partial charge in [-0.1, -0.05) is 0 Å². The van der Waals surface area contributed by atoms with Crippen LogP contribution in [0.2, 0.25) is 0 Å². The van der Waals surface area contributed by atoms with Gasteiger partial charge >= 0.3 is 0 Å². The largest absolute Gasteiger partial charge is 0.314 e. The van der Waals surface area contributed by atoms with Gasteiger partial charge in [0, 0.05) is 18.6 Å². The predicted molar refractivity (Wildman–Crippen MR) is 75.7 cm³/mol. The molecule has 0 amide bonds. The third-order valence-corrected chi connectivity index (χ3v) is 5.91. The third kappa shape index (κ3) is 2.99. The highest BCUT2D eigenvalue weighted by Gasteiger charge is 2.32. The second kappa shape index (κ2) is 5.94. The summed E-state index contributed by atoms with van der Waals surface area (Å²) in [7, 11) is 0. The van der Waals surface area contributed by atoms with Gasteiger partial charge in [-0.05, 0) is 69.0 Å². The number of thioether (sulfide) groups is 1. The predicted octanol–water partition coefficient (Wildman–Crippen LogP) is 2.35. The van der Waals surface area contributed by atoms with Crippen LogP contribution in [0.3, 0.4) is 0 Å². The van der Waals surface area contributed by atoms with Gasteiger partial charge in [-0.25, -0.2) is 0 Å². The van der Waals surface area contributed by atoms with E-state index in [1.807, 2.05) is 0 Å². The van der Waals surface area contributed by atoms with Crippen LogP contribution in [-0.4, -0.2) is 48.1 Å². The van der Waals surface area contributed by atoms with Gasteiger partial charge in [0.15, 0.2) is 0 Å². The van der Waals surface area contributed by atoms with Gasteiger partial charge in [-0.2, -0.15) is 11.8 Å². The maximum absolute atomic E-state index is 3.72. The van der Waals surface area contributed by atoms with Crippen LogP contribution in [0.15, 0.2) is 0 Å². The number of nitrogens with one attached hydrogen (secondary N) is 1. The number of hydrogen-bond donors (Lipinski definition) is 1. The van der Waals surface area contributed by atoms with E-state index in [0.29, 0.717) is 0 Å². The number of rotatable bonds is 2. The van der Waals surface area contributed by atoms with E-state index in [-0.39, 0.29) is 0 Å². The second-order valence-corrected chi connectivity index (χ2v) is 7.17. The first-order chi connectivity index (χ1) is 8.43. The molecule has 0 aliphatic carbocycles. The number of likely N-dealkylation sites (tertiary alicyclic amines) is 1. The van der Waals surface area contributed by atoms with Crippen LogP contribution >= 0.6 is 11.8 Å². The molecule has 3 fully saturated rings. The standard InChI is InChI=1S/C14H26N2S/c1-4-14(15-7-1)12-3-2-8-16(11-12)13-5-9-17-10-6-13/h12-15H,1-11H2. The van der Waals surface area contributed by atoms with Gasteiger partial charge in [-0.3, -0.25) is 4.90 Å². The summed E-state index contributed by atoms with van der Waals surface area (Å²) in [5.74, 6) is 3.74. The molecule has 3 rings (SSSR count). The summed E-state index contributed by atoms with van der Waals surface area (Å²) in [5.41, 5.74) is 0. The Bertz CT molecular complexity index is 234. The maximum Gasteiger partial charge on any atom is 0.0111 e. The van der Waals surface area contributed by atoms with Crippen molar-refractivity contribution in [2.24, 2.45) is 5.92 Å². The Kier molecular flexibility index (Phi) is 4.30. The van der Waals surface area contributed by atoms with E-state index in [2.05, 4.69) is 22.0 Å². The molecule has 1 N–H and O–H groups in total. The Morgan fingerprint density at radius 1 is 1.00 bits per heavy atom. The summed E-state index contributed by atoms with van der Waals surface area (Å²) in [6.45, 7) is 4.02. The third-order valence-electron chi connectivity index (χ3n) is 4.86. The van der Waals surface area contributed by atoms with E-state index < -0.39 is 0 Å². The van der Waals surface area contributed by atoms with E-state index in [4.69, 9.17) is 0 Å². The van der Waals surface area contributed by atoms with Crippen molar-refractivity contribution in [1.82, 2.24) is 10.2 Å². The van der Waals surface area contributed by atoms with E-state index in [1.165, 1.54) is 69.7 Å². The Morgan fingerprint density at radius 2 is 1.88 bits per heavy atom. The van der Waals surface area contributed by atoms with Gasteiger partial charge in [0.05, 0.1) is 0 Å². The minimum Gasteiger partial charge on any atom is -0.314 e. The molecule has 98 valence electrons. The molecule has 17 heavy (non-hydrogen) atoms. The van der Waals surface area contributed by atoms with Crippen LogP contribution < -0.4 is 5.32 Å². The summed E-state index contributed by atoms with van der Waals surface area (Å²) in [6, 6.07) is 1.76. The number of nitrogens with zero attached hydrogens (tertiary/aromatic N) is 1. The molecule has 0 aromatic rings. The van der Waals surface area contributed by atoms with Crippen molar-refractivity contribution >= 4 is 11.8 Å². The van der Waals surface area contributed by atoms with Crippen LogP contribution in [0, 0.1) is 5.92 Å². The Hall–Kier alpha value is 0.270. The molecule has 0 aromatic heterocycles. The number of piperidine rings is 1. The molecule has 0 spiro atoms. The lowest BCUT2D eigenvalue weighted by atomic mass is 9.88. The van der Waals surface area contributed by atoms with Crippen LogP contribution in [0.5, 0.6) is 0 Å². The van der Waals surface area contributed by atoms with Gasteiger partial charge in [0.2, 0.25) is 0 Å². The fraction of sp³-hybridized carbons (Fsp3) is 1.00. The zero-order chi connectivity index (χ0) is 11.5. The summed E-state index contributed by atoms with van der Waals surface area (Å²) in [6.07, 6.45) is 8.62. The lowest BCUT2D eigenvalue weighted by Gasteiger charge is -2.41. The van der Waals surface area contributed by atoms with Gasteiger partial charge in [-0.15, -0.1) is 0 Å². The first-order valence-corrected chi connectivity index (χ1v) is 8.64. The van der Waals surface area contributed by atoms with Crippen LogP contribution in [0.4, 0.5) is 0 Å². The van der Waals surface area contributed by atoms with Gasteiger partial charge < -0.3 is 5.32 Å². The van der Waals surface area contributed by atoms with Gasteiger partial charge in [0.1, 0.15) is 0 Å². The highest BCUT2D eigenvalue weighted by molar-refractivity contribution is 7.99. The minimum atomic E-state index is 0.843. The Morgan fingerprint density at radius 3 is 2.65 bits per heavy atom. The molecule has 0 radical (unpaired) electrons. The van der Waals surface area contributed by atoms with Crippen molar-refractivity contribution < 1.29 is 0 Å². The molecular formula is C14H26N2S. The second-order valence-electron chi connectivity index (χ2n) is 5.94. The monoisotopic (exact) mass is 254 g/mol. The smallest absolute Gasteiger partial charge is 0.0111 e. The highest BCUT2D eigenvalue weighted by atomic mass is 32.2.